The maximum atomic E-state index is 13.0. The molecule has 1 aliphatic rings. The van der Waals surface area contributed by atoms with Gasteiger partial charge in [-0.2, -0.15) is 0 Å². The first-order valence-corrected chi connectivity index (χ1v) is 6.40. The van der Waals surface area contributed by atoms with Crippen LogP contribution in [0.4, 0.5) is 15.8 Å². The number of hydrogen-bond donors (Lipinski definition) is 2. The van der Waals surface area contributed by atoms with E-state index in [2.05, 4.69) is 5.32 Å². The molecule has 0 saturated heterocycles. The van der Waals surface area contributed by atoms with Gasteiger partial charge in [0, 0.05) is 6.42 Å². The quantitative estimate of drug-likeness (QED) is 0.638. The molecule has 7 heteroatoms. The van der Waals surface area contributed by atoms with Gasteiger partial charge < -0.3 is 11.1 Å². The molecule has 0 aromatic heterocycles. The van der Waals surface area contributed by atoms with Crippen molar-refractivity contribution in [3.8, 4) is 0 Å². The van der Waals surface area contributed by atoms with E-state index in [0.717, 1.165) is 31.4 Å². The van der Waals surface area contributed by atoms with E-state index in [9.17, 15) is 19.3 Å². The maximum Gasteiger partial charge on any atom is 0.295 e. The second-order valence-electron chi connectivity index (χ2n) is 5.20. The van der Waals surface area contributed by atoms with Gasteiger partial charge in [-0.1, -0.05) is 6.42 Å². The van der Waals surface area contributed by atoms with Crippen molar-refractivity contribution in [2.24, 2.45) is 11.1 Å². The lowest BCUT2D eigenvalue weighted by Gasteiger charge is -2.40. The number of benzene rings is 1. The van der Waals surface area contributed by atoms with Gasteiger partial charge in [0.05, 0.1) is 11.0 Å². The highest BCUT2D eigenvalue weighted by atomic mass is 19.1. The van der Waals surface area contributed by atoms with Gasteiger partial charge in [0.15, 0.2) is 0 Å². The van der Waals surface area contributed by atoms with E-state index in [1.165, 1.54) is 6.07 Å². The minimum Gasteiger partial charge on any atom is -0.330 e. The Hall–Kier alpha value is -2.02. The molecule has 0 bridgehead atoms. The largest absolute Gasteiger partial charge is 0.330 e. The monoisotopic (exact) mass is 281 g/mol. The van der Waals surface area contributed by atoms with Gasteiger partial charge in [-0.05, 0) is 36.9 Å². The molecule has 0 spiro atoms. The van der Waals surface area contributed by atoms with Crippen LogP contribution in [0.15, 0.2) is 18.2 Å². The standard InChI is InChI=1S/C13H16FN3O3/c14-9-2-3-10(11(6-9)17(19)20)16-12(18)7-13(8-15)4-1-5-13/h2-3,6H,1,4-5,7-8,15H2,(H,16,18). The van der Waals surface area contributed by atoms with E-state index in [-0.39, 0.29) is 23.4 Å². The van der Waals surface area contributed by atoms with E-state index < -0.39 is 16.4 Å². The molecular formula is C13H16FN3O3. The number of nitro benzene ring substituents is 1. The van der Waals surface area contributed by atoms with Gasteiger partial charge >= 0.3 is 0 Å². The van der Waals surface area contributed by atoms with Crippen molar-refractivity contribution in [1.29, 1.82) is 0 Å². The fourth-order valence-corrected chi connectivity index (χ4v) is 2.43. The highest BCUT2D eigenvalue weighted by Crippen LogP contribution is 2.43. The van der Waals surface area contributed by atoms with Crippen LogP contribution in [0.5, 0.6) is 0 Å². The van der Waals surface area contributed by atoms with Crippen LogP contribution in [0.2, 0.25) is 0 Å². The third-order valence-corrected chi connectivity index (χ3v) is 3.81. The number of carbonyl (C=O) groups is 1. The van der Waals surface area contributed by atoms with Crippen molar-refractivity contribution in [3.63, 3.8) is 0 Å². The van der Waals surface area contributed by atoms with Crippen LogP contribution in [-0.2, 0) is 4.79 Å². The summed E-state index contributed by atoms with van der Waals surface area (Å²) in [5, 5.41) is 13.3. The third kappa shape index (κ3) is 2.93. The molecule has 2 rings (SSSR count). The van der Waals surface area contributed by atoms with Gasteiger partial charge in [0.2, 0.25) is 5.91 Å². The summed E-state index contributed by atoms with van der Waals surface area (Å²) in [4.78, 5) is 22.1. The Morgan fingerprint density at radius 2 is 2.20 bits per heavy atom. The molecule has 1 aliphatic carbocycles. The first-order valence-electron chi connectivity index (χ1n) is 6.40. The number of nitrogens with zero attached hydrogens (tertiary/aromatic N) is 1. The van der Waals surface area contributed by atoms with E-state index in [1.807, 2.05) is 0 Å². The highest BCUT2D eigenvalue weighted by molar-refractivity contribution is 5.93. The zero-order valence-electron chi connectivity index (χ0n) is 10.9. The molecule has 0 radical (unpaired) electrons. The summed E-state index contributed by atoms with van der Waals surface area (Å²) < 4.78 is 13.0. The minimum atomic E-state index is -0.721. The summed E-state index contributed by atoms with van der Waals surface area (Å²) in [6, 6.07) is 3.06. The molecule has 20 heavy (non-hydrogen) atoms. The number of halogens is 1. The molecule has 0 unspecified atom stereocenters. The van der Waals surface area contributed by atoms with Crippen LogP contribution in [-0.4, -0.2) is 17.4 Å². The van der Waals surface area contributed by atoms with Crippen LogP contribution >= 0.6 is 0 Å². The molecule has 1 aromatic carbocycles. The second-order valence-corrected chi connectivity index (χ2v) is 5.20. The summed E-state index contributed by atoms with van der Waals surface area (Å²) in [5.74, 6) is -1.04. The topological polar surface area (TPSA) is 98.3 Å². The summed E-state index contributed by atoms with van der Waals surface area (Å²) in [6.45, 7) is 0.423. The smallest absolute Gasteiger partial charge is 0.295 e. The van der Waals surface area contributed by atoms with Gasteiger partial charge in [0.1, 0.15) is 11.5 Å². The Bertz CT molecular complexity index is 538. The summed E-state index contributed by atoms with van der Waals surface area (Å²) >= 11 is 0. The van der Waals surface area contributed by atoms with E-state index in [1.54, 1.807) is 0 Å². The average Bonchev–Trinajstić information content (AvgIpc) is 2.36. The van der Waals surface area contributed by atoms with Crippen molar-refractivity contribution in [1.82, 2.24) is 0 Å². The molecule has 108 valence electrons. The number of nitrogens with two attached hydrogens (primary N) is 1. The minimum absolute atomic E-state index is 0.00731. The van der Waals surface area contributed by atoms with E-state index in [0.29, 0.717) is 6.54 Å². The molecule has 1 fully saturated rings. The predicted molar refractivity (Wildman–Crippen MR) is 71.6 cm³/mol. The lowest BCUT2D eigenvalue weighted by molar-refractivity contribution is -0.384. The molecule has 0 aliphatic heterocycles. The number of nitro groups is 1. The van der Waals surface area contributed by atoms with Crippen LogP contribution in [0.25, 0.3) is 0 Å². The molecule has 0 heterocycles. The molecule has 1 amide bonds. The van der Waals surface area contributed by atoms with Crippen molar-refractivity contribution < 1.29 is 14.1 Å². The Kier molecular flexibility index (Phi) is 3.99. The van der Waals surface area contributed by atoms with Gasteiger partial charge in [-0.25, -0.2) is 4.39 Å². The van der Waals surface area contributed by atoms with Crippen LogP contribution in [0.3, 0.4) is 0 Å². The lowest BCUT2D eigenvalue weighted by Crippen LogP contribution is -2.40. The van der Waals surface area contributed by atoms with E-state index >= 15 is 0 Å². The number of amides is 1. The first-order chi connectivity index (χ1) is 9.46. The molecule has 1 aromatic rings. The Labute approximate surface area is 115 Å². The number of nitrogens with one attached hydrogen (secondary N) is 1. The van der Waals surface area contributed by atoms with Crippen molar-refractivity contribution in [2.45, 2.75) is 25.7 Å². The zero-order chi connectivity index (χ0) is 14.8. The van der Waals surface area contributed by atoms with Gasteiger partial charge in [0.25, 0.3) is 5.69 Å². The average molecular weight is 281 g/mol. The van der Waals surface area contributed by atoms with Gasteiger partial charge in [-0.3, -0.25) is 14.9 Å². The SMILES string of the molecule is NCC1(CC(=O)Nc2ccc(F)cc2[N+](=O)[O-])CCC1. The summed E-state index contributed by atoms with van der Waals surface area (Å²) in [6.07, 6.45) is 3.06. The second kappa shape index (κ2) is 5.54. The van der Waals surface area contributed by atoms with Crippen LogP contribution in [0.1, 0.15) is 25.7 Å². The molecule has 1 saturated carbocycles. The number of carbonyl (C=O) groups excluding carboxylic acids is 1. The highest BCUT2D eigenvalue weighted by Gasteiger charge is 2.37. The third-order valence-electron chi connectivity index (χ3n) is 3.81. The van der Waals surface area contributed by atoms with Crippen LogP contribution in [0, 0.1) is 21.3 Å². The Balaban J connectivity index is 2.10. The summed E-state index contributed by atoms with van der Waals surface area (Å²) in [5.41, 5.74) is 5.05. The predicted octanol–water partition coefficient (Wildman–Crippen LogP) is 2.19. The van der Waals surface area contributed by atoms with Crippen molar-refractivity contribution >= 4 is 17.3 Å². The number of rotatable bonds is 5. The molecule has 3 N–H and O–H groups in total. The zero-order valence-corrected chi connectivity index (χ0v) is 10.9. The fourth-order valence-electron chi connectivity index (χ4n) is 2.43. The van der Waals surface area contributed by atoms with Crippen LogP contribution < -0.4 is 11.1 Å². The lowest BCUT2D eigenvalue weighted by atomic mass is 9.66. The van der Waals surface area contributed by atoms with Gasteiger partial charge in [-0.15, -0.1) is 0 Å². The van der Waals surface area contributed by atoms with E-state index in [4.69, 9.17) is 5.73 Å². The molecule has 6 nitrogen and oxygen atoms in total. The molecule has 0 atom stereocenters. The number of hydrogen-bond acceptors (Lipinski definition) is 4. The maximum absolute atomic E-state index is 13.0. The van der Waals surface area contributed by atoms with Crippen molar-refractivity contribution in [2.75, 3.05) is 11.9 Å². The van der Waals surface area contributed by atoms with Crippen molar-refractivity contribution in [3.05, 3.63) is 34.1 Å². The number of anilines is 1. The molecular weight excluding hydrogens is 265 g/mol. The normalized spacial score (nSPS) is 16.3. The Morgan fingerprint density at radius 1 is 1.50 bits per heavy atom. The first kappa shape index (κ1) is 14.4. The summed E-state index contributed by atoms with van der Waals surface area (Å²) in [7, 11) is 0. The Morgan fingerprint density at radius 3 is 2.70 bits per heavy atom. The fraction of sp³-hybridized carbons (Fsp3) is 0.462.